The smallest absolute Gasteiger partial charge is 0.404 e. The Hall–Kier alpha value is -2.25. The number of hydrogen-bond acceptors (Lipinski definition) is 5. The molecule has 2 heterocycles. The Bertz CT molecular complexity index is 845. The van der Waals surface area contributed by atoms with Gasteiger partial charge in [-0.2, -0.15) is 0 Å². The molecule has 8 heteroatoms. The number of amides is 1. The maximum absolute atomic E-state index is 10.7. The molecule has 0 aliphatic heterocycles. The molecule has 0 atom stereocenters. The third-order valence-electron chi connectivity index (χ3n) is 3.43. The standard InChI is InChI=1S/C15H14ClN3O3S/c1-8-10-2-11(16)14(21-4-9-6-23-7-18-9)3-12(10)19-13(8)5-22-15(17)20/h2-3,6-7,19H,4-5H2,1H3,(H2,17,20). The van der Waals surface area contributed by atoms with Crippen molar-refractivity contribution < 1.29 is 14.3 Å². The highest BCUT2D eigenvalue weighted by atomic mass is 35.5. The summed E-state index contributed by atoms with van der Waals surface area (Å²) in [6.07, 6.45) is -0.812. The van der Waals surface area contributed by atoms with Gasteiger partial charge < -0.3 is 20.2 Å². The van der Waals surface area contributed by atoms with E-state index in [-0.39, 0.29) is 6.61 Å². The first kappa shape index (κ1) is 15.6. The number of primary amides is 1. The summed E-state index contributed by atoms with van der Waals surface area (Å²) in [5.41, 5.74) is 10.2. The van der Waals surface area contributed by atoms with Gasteiger partial charge in [-0.1, -0.05) is 11.6 Å². The molecule has 0 unspecified atom stereocenters. The molecular formula is C15H14ClN3O3S. The van der Waals surface area contributed by atoms with E-state index in [1.807, 2.05) is 24.4 Å². The largest absolute Gasteiger partial charge is 0.486 e. The molecule has 1 amide bonds. The number of carbonyl (C=O) groups excluding carboxylic acids is 1. The number of halogens is 1. The van der Waals surface area contributed by atoms with Crippen molar-refractivity contribution in [1.29, 1.82) is 0 Å². The minimum absolute atomic E-state index is 0.0858. The van der Waals surface area contributed by atoms with Crippen molar-refractivity contribution in [2.24, 2.45) is 5.73 Å². The Labute approximate surface area is 141 Å². The number of hydrogen-bond donors (Lipinski definition) is 2. The van der Waals surface area contributed by atoms with Crippen LogP contribution in [0.4, 0.5) is 4.79 Å². The number of carbonyl (C=O) groups is 1. The minimum Gasteiger partial charge on any atom is -0.486 e. The van der Waals surface area contributed by atoms with Crippen LogP contribution in [0.1, 0.15) is 17.0 Å². The lowest BCUT2D eigenvalue weighted by atomic mass is 10.1. The fraction of sp³-hybridized carbons (Fsp3) is 0.200. The number of nitrogens with zero attached hydrogens (tertiary/aromatic N) is 1. The molecule has 0 fully saturated rings. The zero-order chi connectivity index (χ0) is 16.4. The van der Waals surface area contributed by atoms with Gasteiger partial charge in [-0.15, -0.1) is 11.3 Å². The molecule has 0 aliphatic rings. The number of fused-ring (bicyclic) bond motifs is 1. The molecule has 1 aromatic carbocycles. The Morgan fingerprint density at radius 3 is 2.96 bits per heavy atom. The molecule has 23 heavy (non-hydrogen) atoms. The lowest BCUT2D eigenvalue weighted by Crippen LogP contribution is -2.13. The van der Waals surface area contributed by atoms with Crippen LogP contribution >= 0.6 is 22.9 Å². The number of aromatic nitrogens is 2. The van der Waals surface area contributed by atoms with Gasteiger partial charge in [0, 0.05) is 22.3 Å². The molecular weight excluding hydrogens is 338 g/mol. The maximum atomic E-state index is 10.7. The quantitative estimate of drug-likeness (QED) is 0.732. The summed E-state index contributed by atoms with van der Waals surface area (Å²) in [5.74, 6) is 0.566. The minimum atomic E-state index is -0.812. The average Bonchev–Trinajstić information content (AvgIpc) is 3.12. The van der Waals surface area contributed by atoms with Crippen LogP contribution in [-0.2, 0) is 18.0 Å². The van der Waals surface area contributed by atoms with E-state index in [1.54, 1.807) is 5.51 Å². The number of aryl methyl sites for hydroxylation is 1. The van der Waals surface area contributed by atoms with Crippen molar-refractivity contribution in [1.82, 2.24) is 9.97 Å². The summed E-state index contributed by atoms with van der Waals surface area (Å²) in [6, 6.07) is 3.65. The summed E-state index contributed by atoms with van der Waals surface area (Å²) < 4.78 is 10.6. The Balaban J connectivity index is 1.86. The molecule has 6 nitrogen and oxygen atoms in total. The summed E-state index contributed by atoms with van der Waals surface area (Å²) in [4.78, 5) is 18.1. The molecule has 3 aromatic rings. The zero-order valence-corrected chi connectivity index (χ0v) is 13.8. The summed E-state index contributed by atoms with van der Waals surface area (Å²) in [7, 11) is 0. The molecule has 0 bridgehead atoms. The number of aromatic amines is 1. The van der Waals surface area contributed by atoms with Crippen LogP contribution in [0.3, 0.4) is 0 Å². The fourth-order valence-corrected chi connectivity index (χ4v) is 3.01. The van der Waals surface area contributed by atoms with E-state index in [4.69, 9.17) is 26.8 Å². The number of thiazole rings is 1. The monoisotopic (exact) mass is 351 g/mol. The second-order valence-corrected chi connectivity index (χ2v) is 6.06. The van der Waals surface area contributed by atoms with E-state index >= 15 is 0 Å². The lowest BCUT2D eigenvalue weighted by Gasteiger charge is -2.07. The molecule has 0 saturated heterocycles. The number of nitrogens with one attached hydrogen (secondary N) is 1. The van der Waals surface area contributed by atoms with Gasteiger partial charge in [-0.05, 0) is 18.6 Å². The zero-order valence-electron chi connectivity index (χ0n) is 12.3. The Kier molecular flexibility index (Phi) is 4.40. The molecule has 0 spiro atoms. The van der Waals surface area contributed by atoms with Crippen molar-refractivity contribution in [3.05, 3.63) is 45.0 Å². The second kappa shape index (κ2) is 6.47. The van der Waals surface area contributed by atoms with Crippen LogP contribution in [0.15, 0.2) is 23.0 Å². The highest BCUT2D eigenvalue weighted by molar-refractivity contribution is 7.07. The SMILES string of the molecule is Cc1c(COC(N)=O)[nH]c2cc(OCc3cscn3)c(Cl)cc12. The Morgan fingerprint density at radius 1 is 1.43 bits per heavy atom. The average molecular weight is 352 g/mol. The molecule has 0 radical (unpaired) electrons. The molecule has 3 rings (SSSR count). The van der Waals surface area contributed by atoms with Crippen LogP contribution in [0.25, 0.3) is 10.9 Å². The maximum Gasteiger partial charge on any atom is 0.404 e. The van der Waals surface area contributed by atoms with Gasteiger partial charge in [0.05, 0.1) is 21.9 Å². The predicted molar refractivity (Wildman–Crippen MR) is 88.9 cm³/mol. The second-order valence-electron chi connectivity index (χ2n) is 4.93. The first-order valence-electron chi connectivity index (χ1n) is 6.77. The highest BCUT2D eigenvalue weighted by Crippen LogP contribution is 2.33. The van der Waals surface area contributed by atoms with E-state index in [1.165, 1.54) is 11.3 Å². The third-order valence-corrected chi connectivity index (χ3v) is 4.36. The molecule has 0 saturated carbocycles. The number of benzene rings is 1. The van der Waals surface area contributed by atoms with Gasteiger partial charge in [-0.3, -0.25) is 0 Å². The molecule has 2 aromatic heterocycles. The van der Waals surface area contributed by atoms with Gasteiger partial charge in [0.25, 0.3) is 0 Å². The van der Waals surface area contributed by atoms with Crippen LogP contribution in [0.2, 0.25) is 5.02 Å². The first-order chi connectivity index (χ1) is 11.0. The van der Waals surface area contributed by atoms with E-state index in [0.717, 1.165) is 27.9 Å². The molecule has 3 N–H and O–H groups in total. The number of nitrogens with two attached hydrogens (primary N) is 1. The van der Waals surface area contributed by atoms with Gasteiger partial charge in [-0.25, -0.2) is 9.78 Å². The summed E-state index contributed by atoms with van der Waals surface area (Å²) in [5, 5.41) is 3.38. The van der Waals surface area contributed by atoms with Gasteiger partial charge in [0.1, 0.15) is 19.0 Å². The highest BCUT2D eigenvalue weighted by Gasteiger charge is 2.13. The van der Waals surface area contributed by atoms with Crippen molar-refractivity contribution in [3.8, 4) is 5.75 Å². The van der Waals surface area contributed by atoms with E-state index in [9.17, 15) is 4.79 Å². The normalized spacial score (nSPS) is 10.9. The molecule has 0 aliphatic carbocycles. The number of H-pyrrole nitrogens is 1. The Morgan fingerprint density at radius 2 is 2.26 bits per heavy atom. The van der Waals surface area contributed by atoms with Crippen molar-refractivity contribution >= 4 is 39.9 Å². The lowest BCUT2D eigenvalue weighted by molar-refractivity contribution is 0.149. The third kappa shape index (κ3) is 3.40. The topological polar surface area (TPSA) is 90.2 Å². The van der Waals surface area contributed by atoms with Crippen molar-refractivity contribution in [2.45, 2.75) is 20.1 Å². The van der Waals surface area contributed by atoms with E-state index < -0.39 is 6.09 Å². The van der Waals surface area contributed by atoms with Crippen LogP contribution in [-0.4, -0.2) is 16.1 Å². The first-order valence-corrected chi connectivity index (χ1v) is 8.09. The van der Waals surface area contributed by atoms with Gasteiger partial charge in [0.15, 0.2) is 0 Å². The number of rotatable bonds is 5. The van der Waals surface area contributed by atoms with Gasteiger partial charge in [0.2, 0.25) is 0 Å². The summed E-state index contributed by atoms with van der Waals surface area (Å²) in [6.45, 7) is 2.36. The van der Waals surface area contributed by atoms with Crippen LogP contribution in [0, 0.1) is 6.92 Å². The van der Waals surface area contributed by atoms with Crippen molar-refractivity contribution in [3.63, 3.8) is 0 Å². The molecule has 120 valence electrons. The van der Waals surface area contributed by atoms with E-state index in [2.05, 4.69) is 9.97 Å². The summed E-state index contributed by atoms with van der Waals surface area (Å²) >= 11 is 7.80. The van der Waals surface area contributed by atoms with Crippen LogP contribution in [0.5, 0.6) is 5.75 Å². The fourth-order valence-electron chi connectivity index (χ4n) is 2.24. The number of ether oxygens (including phenoxy) is 2. The van der Waals surface area contributed by atoms with E-state index in [0.29, 0.717) is 17.4 Å². The van der Waals surface area contributed by atoms with Gasteiger partial charge >= 0.3 is 6.09 Å². The predicted octanol–water partition coefficient (Wildman–Crippen LogP) is 3.76. The van der Waals surface area contributed by atoms with Crippen LogP contribution < -0.4 is 10.5 Å². The van der Waals surface area contributed by atoms with Crippen molar-refractivity contribution in [2.75, 3.05) is 0 Å².